The maximum Gasteiger partial charge on any atom is 0.273 e. The van der Waals surface area contributed by atoms with Crippen molar-refractivity contribution in [3.8, 4) is 0 Å². The molecule has 0 aliphatic heterocycles. The van der Waals surface area contributed by atoms with Gasteiger partial charge in [0, 0.05) is 25.1 Å². The van der Waals surface area contributed by atoms with Crippen molar-refractivity contribution in [2.24, 2.45) is 0 Å². The first-order valence-corrected chi connectivity index (χ1v) is 5.11. The van der Waals surface area contributed by atoms with Crippen LogP contribution in [-0.2, 0) is 13.0 Å². The zero-order valence-corrected chi connectivity index (χ0v) is 8.84. The van der Waals surface area contributed by atoms with Crippen molar-refractivity contribution in [1.29, 1.82) is 0 Å². The van der Waals surface area contributed by atoms with Gasteiger partial charge in [0.05, 0.1) is 5.69 Å². The molecule has 2 aromatic heterocycles. The molecule has 0 spiro atoms. The Hall–Kier alpha value is -2.10. The van der Waals surface area contributed by atoms with E-state index in [1.807, 2.05) is 12.1 Å². The number of aromatic nitrogens is 2. The maximum atomic E-state index is 11.6. The molecule has 16 heavy (non-hydrogen) atoms. The molecular weight excluding hydrogens is 202 g/mol. The van der Waals surface area contributed by atoms with Crippen LogP contribution >= 0.6 is 0 Å². The standard InChI is InChI=1S/C12H13N3O/c13-11-4-2-7-15(12(11)16)8-5-10-3-1-6-14-9-10/h1-4,6-7,9H,5,8,13H2. The van der Waals surface area contributed by atoms with E-state index in [0.717, 1.165) is 12.0 Å². The fraction of sp³-hybridized carbons (Fsp3) is 0.167. The topological polar surface area (TPSA) is 60.9 Å². The van der Waals surface area contributed by atoms with Crippen LogP contribution < -0.4 is 11.3 Å². The number of nitrogen functional groups attached to an aromatic ring is 1. The molecule has 2 heterocycles. The van der Waals surface area contributed by atoms with Crippen LogP contribution in [0.1, 0.15) is 5.56 Å². The van der Waals surface area contributed by atoms with Gasteiger partial charge in [0.2, 0.25) is 0 Å². The molecule has 2 aromatic rings. The summed E-state index contributed by atoms with van der Waals surface area (Å²) >= 11 is 0. The SMILES string of the molecule is Nc1cccn(CCc2cccnc2)c1=O. The third kappa shape index (κ3) is 2.28. The highest BCUT2D eigenvalue weighted by Gasteiger charge is 1.99. The number of anilines is 1. The van der Waals surface area contributed by atoms with Crippen LogP contribution in [-0.4, -0.2) is 9.55 Å². The first kappa shape index (κ1) is 10.4. The molecule has 0 saturated carbocycles. The van der Waals surface area contributed by atoms with Crippen molar-refractivity contribution < 1.29 is 0 Å². The molecule has 0 aliphatic carbocycles. The van der Waals surface area contributed by atoms with Gasteiger partial charge in [-0.25, -0.2) is 0 Å². The van der Waals surface area contributed by atoms with E-state index in [1.165, 1.54) is 0 Å². The molecule has 0 amide bonds. The quantitative estimate of drug-likeness (QED) is 0.833. The minimum atomic E-state index is -0.133. The summed E-state index contributed by atoms with van der Waals surface area (Å²) in [6.45, 7) is 0.621. The molecule has 0 atom stereocenters. The monoisotopic (exact) mass is 215 g/mol. The van der Waals surface area contributed by atoms with Crippen LogP contribution in [0.5, 0.6) is 0 Å². The predicted molar refractivity (Wildman–Crippen MR) is 63.1 cm³/mol. The number of rotatable bonds is 3. The van der Waals surface area contributed by atoms with Crippen LogP contribution in [0.25, 0.3) is 0 Å². The summed E-state index contributed by atoms with van der Waals surface area (Å²) in [6, 6.07) is 7.27. The average molecular weight is 215 g/mol. The van der Waals surface area contributed by atoms with Crippen molar-refractivity contribution in [2.75, 3.05) is 5.73 Å². The molecule has 0 saturated heterocycles. The zero-order valence-electron chi connectivity index (χ0n) is 8.84. The van der Waals surface area contributed by atoms with Gasteiger partial charge in [-0.2, -0.15) is 0 Å². The summed E-state index contributed by atoms with van der Waals surface area (Å²) in [5.41, 5.74) is 6.80. The smallest absolute Gasteiger partial charge is 0.273 e. The van der Waals surface area contributed by atoms with Crippen LogP contribution in [0.15, 0.2) is 47.7 Å². The molecule has 4 heteroatoms. The Morgan fingerprint density at radius 3 is 2.94 bits per heavy atom. The zero-order chi connectivity index (χ0) is 11.4. The van der Waals surface area contributed by atoms with Gasteiger partial charge >= 0.3 is 0 Å². The Kier molecular flexibility index (Phi) is 3.00. The normalized spacial score (nSPS) is 10.2. The van der Waals surface area contributed by atoms with E-state index in [1.54, 1.807) is 35.3 Å². The van der Waals surface area contributed by atoms with E-state index in [2.05, 4.69) is 4.98 Å². The fourth-order valence-electron chi connectivity index (χ4n) is 1.53. The highest BCUT2D eigenvalue weighted by molar-refractivity contribution is 5.33. The molecule has 0 radical (unpaired) electrons. The lowest BCUT2D eigenvalue weighted by molar-refractivity contribution is 0.670. The Labute approximate surface area is 93.4 Å². The van der Waals surface area contributed by atoms with Crippen molar-refractivity contribution in [2.45, 2.75) is 13.0 Å². The summed E-state index contributed by atoms with van der Waals surface area (Å²) in [5.74, 6) is 0. The van der Waals surface area contributed by atoms with Gasteiger partial charge in [0.1, 0.15) is 0 Å². The maximum absolute atomic E-state index is 11.6. The van der Waals surface area contributed by atoms with E-state index in [-0.39, 0.29) is 11.2 Å². The minimum Gasteiger partial charge on any atom is -0.394 e. The second kappa shape index (κ2) is 4.61. The molecule has 4 nitrogen and oxygen atoms in total. The van der Waals surface area contributed by atoms with E-state index in [4.69, 9.17) is 5.73 Å². The molecule has 0 aromatic carbocycles. The average Bonchev–Trinajstić information content (AvgIpc) is 2.32. The fourth-order valence-corrected chi connectivity index (χ4v) is 1.53. The molecule has 2 rings (SSSR count). The number of aryl methyl sites for hydroxylation is 2. The summed E-state index contributed by atoms with van der Waals surface area (Å²) in [4.78, 5) is 15.6. The van der Waals surface area contributed by atoms with E-state index in [0.29, 0.717) is 6.54 Å². The third-order valence-corrected chi connectivity index (χ3v) is 2.41. The largest absolute Gasteiger partial charge is 0.394 e. The molecule has 82 valence electrons. The molecule has 0 fully saturated rings. The van der Waals surface area contributed by atoms with Crippen molar-refractivity contribution in [3.05, 3.63) is 58.8 Å². The van der Waals surface area contributed by atoms with E-state index >= 15 is 0 Å². The third-order valence-electron chi connectivity index (χ3n) is 2.41. The Bertz CT molecular complexity index is 519. The summed E-state index contributed by atoms with van der Waals surface area (Å²) in [6.07, 6.45) is 6.06. The molecular formula is C12H13N3O. The van der Waals surface area contributed by atoms with Crippen molar-refractivity contribution in [1.82, 2.24) is 9.55 Å². The van der Waals surface area contributed by atoms with E-state index < -0.39 is 0 Å². The molecule has 0 bridgehead atoms. The molecule has 0 unspecified atom stereocenters. The van der Waals surface area contributed by atoms with Gasteiger partial charge in [0.25, 0.3) is 5.56 Å². The second-order valence-corrected chi connectivity index (χ2v) is 3.57. The highest BCUT2D eigenvalue weighted by Crippen LogP contribution is 1.99. The van der Waals surface area contributed by atoms with E-state index in [9.17, 15) is 4.79 Å². The number of hydrogen-bond acceptors (Lipinski definition) is 3. The number of nitrogens with zero attached hydrogens (tertiary/aromatic N) is 2. The van der Waals surface area contributed by atoms with Gasteiger partial charge in [-0.05, 0) is 30.2 Å². The van der Waals surface area contributed by atoms with Gasteiger partial charge < -0.3 is 10.3 Å². The lowest BCUT2D eigenvalue weighted by Gasteiger charge is -2.05. The number of pyridine rings is 2. The van der Waals surface area contributed by atoms with Crippen molar-refractivity contribution in [3.63, 3.8) is 0 Å². The predicted octanol–water partition coefficient (Wildman–Crippen LogP) is 1.07. The van der Waals surface area contributed by atoms with Crippen LogP contribution in [0, 0.1) is 0 Å². The Morgan fingerprint density at radius 2 is 2.19 bits per heavy atom. The first-order chi connectivity index (χ1) is 7.77. The Morgan fingerprint density at radius 1 is 1.31 bits per heavy atom. The molecule has 0 aliphatic rings. The summed E-state index contributed by atoms with van der Waals surface area (Å²) < 4.78 is 1.61. The van der Waals surface area contributed by atoms with Gasteiger partial charge in [-0.15, -0.1) is 0 Å². The van der Waals surface area contributed by atoms with Gasteiger partial charge in [-0.1, -0.05) is 6.07 Å². The Balaban J connectivity index is 2.11. The lowest BCUT2D eigenvalue weighted by atomic mass is 10.2. The lowest BCUT2D eigenvalue weighted by Crippen LogP contribution is -2.22. The number of nitrogens with two attached hydrogens (primary N) is 1. The minimum absolute atomic E-state index is 0.133. The van der Waals surface area contributed by atoms with Crippen LogP contribution in [0.3, 0.4) is 0 Å². The summed E-state index contributed by atoms with van der Waals surface area (Å²) in [5, 5.41) is 0. The van der Waals surface area contributed by atoms with Gasteiger partial charge in [0.15, 0.2) is 0 Å². The molecule has 2 N–H and O–H groups in total. The van der Waals surface area contributed by atoms with Crippen molar-refractivity contribution >= 4 is 5.69 Å². The second-order valence-electron chi connectivity index (χ2n) is 3.57. The number of hydrogen-bond donors (Lipinski definition) is 1. The van der Waals surface area contributed by atoms with Gasteiger partial charge in [-0.3, -0.25) is 9.78 Å². The summed E-state index contributed by atoms with van der Waals surface area (Å²) in [7, 11) is 0. The van der Waals surface area contributed by atoms with Crippen LogP contribution in [0.2, 0.25) is 0 Å². The highest BCUT2D eigenvalue weighted by atomic mass is 16.1. The van der Waals surface area contributed by atoms with Crippen LogP contribution in [0.4, 0.5) is 5.69 Å². The first-order valence-electron chi connectivity index (χ1n) is 5.11.